The molecule has 2 N–H and O–H groups in total. The second-order valence-electron chi connectivity index (χ2n) is 10.2. The summed E-state index contributed by atoms with van der Waals surface area (Å²) in [4.78, 5) is 24.3. The van der Waals surface area contributed by atoms with Crippen LogP contribution in [-0.2, 0) is 11.3 Å². The number of carbonyl (C=O) groups excluding carboxylic acids is 1. The van der Waals surface area contributed by atoms with Crippen molar-refractivity contribution in [3.63, 3.8) is 0 Å². The van der Waals surface area contributed by atoms with Crippen LogP contribution in [0.25, 0.3) is 16.9 Å². The van der Waals surface area contributed by atoms with E-state index in [0.717, 1.165) is 48.5 Å². The summed E-state index contributed by atoms with van der Waals surface area (Å²) in [5.41, 5.74) is 5.32. The highest BCUT2D eigenvalue weighted by molar-refractivity contribution is 6.06. The van der Waals surface area contributed by atoms with E-state index in [1.807, 2.05) is 22.6 Å². The van der Waals surface area contributed by atoms with Crippen LogP contribution >= 0.6 is 0 Å². The molecule has 0 radical (unpaired) electrons. The van der Waals surface area contributed by atoms with Gasteiger partial charge in [0, 0.05) is 55.5 Å². The van der Waals surface area contributed by atoms with Gasteiger partial charge >= 0.3 is 0 Å². The van der Waals surface area contributed by atoms with E-state index in [2.05, 4.69) is 33.6 Å². The monoisotopic (exact) mass is 514 g/mol. The summed E-state index contributed by atoms with van der Waals surface area (Å²) in [5, 5.41) is 6.30. The highest BCUT2D eigenvalue weighted by atomic mass is 19.1. The van der Waals surface area contributed by atoms with E-state index in [1.54, 1.807) is 12.4 Å². The maximum Gasteiger partial charge on any atom is 0.254 e. The van der Waals surface area contributed by atoms with Gasteiger partial charge < -0.3 is 20.1 Å². The molecule has 2 fully saturated rings. The highest BCUT2D eigenvalue weighted by Crippen LogP contribution is 2.37. The predicted octanol–water partition coefficient (Wildman–Crippen LogP) is 3.72. The van der Waals surface area contributed by atoms with Gasteiger partial charge in [-0.1, -0.05) is 6.07 Å². The number of nitrogens with zero attached hydrogens (tertiary/aromatic N) is 4. The molecule has 1 atom stereocenters. The van der Waals surface area contributed by atoms with E-state index in [0.29, 0.717) is 41.7 Å². The zero-order valence-corrected chi connectivity index (χ0v) is 20.9. The number of imidazole rings is 1. The van der Waals surface area contributed by atoms with Gasteiger partial charge in [0.2, 0.25) is 5.88 Å². The Balaban J connectivity index is 1.24. The molecule has 4 aromatic rings. The van der Waals surface area contributed by atoms with Crippen molar-refractivity contribution in [3.8, 4) is 17.1 Å². The first kappa shape index (κ1) is 23.1. The lowest BCUT2D eigenvalue weighted by atomic mass is 9.98. The molecule has 38 heavy (non-hydrogen) atoms. The summed E-state index contributed by atoms with van der Waals surface area (Å²) < 4.78 is 27.4. The first-order valence-electron chi connectivity index (χ1n) is 12.8. The number of nitrogens with one attached hydrogen (secondary N) is 2. The number of hydrogen-bond donors (Lipinski definition) is 2. The van der Waals surface area contributed by atoms with Crippen molar-refractivity contribution in [2.75, 3.05) is 38.7 Å². The number of hydrogen-bond acceptors (Lipinski definition) is 7. The van der Waals surface area contributed by atoms with Crippen molar-refractivity contribution in [3.05, 3.63) is 71.3 Å². The van der Waals surface area contributed by atoms with Crippen molar-refractivity contribution in [1.82, 2.24) is 24.6 Å². The molecule has 0 bridgehead atoms. The number of carbonyl (C=O) groups is 1. The lowest BCUT2D eigenvalue weighted by Crippen LogP contribution is -2.51. The molecule has 7 rings (SSSR count). The third-order valence-corrected chi connectivity index (χ3v) is 7.55. The standard InChI is InChI=1S/C28H27FN6O3/c1-34-13-18(14-34)38-28-19(16-7-9-37-15-16)3-5-24(33-28)32-22-4-2-20(21-11-31-27(36)26(21)22)23-12-30-25-10-17(29)6-8-35(23)25/h2-6,8,10,12,16,18H,7,9,11,13-15H2,1H3,(H,31,36)(H,32,33)/t16-/m0/s1. The van der Waals surface area contributed by atoms with Crippen molar-refractivity contribution >= 4 is 23.1 Å². The Kier molecular flexibility index (Phi) is 5.52. The fourth-order valence-electron chi connectivity index (χ4n) is 5.56. The quantitative estimate of drug-likeness (QED) is 0.405. The number of likely N-dealkylation sites (tertiary alicyclic amines) is 1. The van der Waals surface area contributed by atoms with Gasteiger partial charge in [-0.15, -0.1) is 0 Å². The molecule has 194 valence electrons. The minimum atomic E-state index is -0.345. The van der Waals surface area contributed by atoms with E-state index in [9.17, 15) is 9.18 Å². The maximum absolute atomic E-state index is 13.7. The number of fused-ring (bicyclic) bond motifs is 2. The number of rotatable bonds is 6. The van der Waals surface area contributed by atoms with Crippen LogP contribution in [-0.4, -0.2) is 64.6 Å². The van der Waals surface area contributed by atoms with Gasteiger partial charge in [0.1, 0.15) is 23.4 Å². The van der Waals surface area contributed by atoms with Gasteiger partial charge in [-0.05, 0) is 43.3 Å². The molecule has 6 heterocycles. The van der Waals surface area contributed by atoms with E-state index < -0.39 is 0 Å². The molecule has 9 nitrogen and oxygen atoms in total. The van der Waals surface area contributed by atoms with Crippen LogP contribution in [0.4, 0.5) is 15.9 Å². The number of anilines is 2. The van der Waals surface area contributed by atoms with Crippen LogP contribution < -0.4 is 15.4 Å². The third kappa shape index (κ3) is 3.97. The molecular weight excluding hydrogens is 487 g/mol. The number of benzene rings is 1. The summed E-state index contributed by atoms with van der Waals surface area (Å²) in [5.74, 6) is 0.994. The third-order valence-electron chi connectivity index (χ3n) is 7.55. The van der Waals surface area contributed by atoms with Crippen molar-refractivity contribution in [1.29, 1.82) is 0 Å². The average Bonchev–Trinajstić information content (AvgIpc) is 3.64. The van der Waals surface area contributed by atoms with Crippen LogP contribution in [0.1, 0.15) is 33.8 Å². The van der Waals surface area contributed by atoms with Gasteiger partial charge in [0.05, 0.1) is 29.7 Å². The van der Waals surface area contributed by atoms with E-state index in [1.165, 1.54) is 12.1 Å². The van der Waals surface area contributed by atoms with Crippen LogP contribution in [0.3, 0.4) is 0 Å². The molecule has 1 amide bonds. The summed E-state index contributed by atoms with van der Waals surface area (Å²) in [6, 6.07) is 10.6. The molecule has 3 aliphatic heterocycles. The van der Waals surface area contributed by atoms with E-state index in [-0.39, 0.29) is 23.7 Å². The molecule has 3 aromatic heterocycles. The summed E-state index contributed by atoms with van der Waals surface area (Å²) in [7, 11) is 2.07. The maximum atomic E-state index is 13.7. The molecule has 2 saturated heterocycles. The lowest BCUT2D eigenvalue weighted by molar-refractivity contribution is 0.0346. The van der Waals surface area contributed by atoms with Crippen LogP contribution in [0.15, 0.2) is 48.8 Å². The molecule has 3 aliphatic rings. The Morgan fingerprint density at radius 3 is 2.92 bits per heavy atom. The Bertz CT molecular complexity index is 1560. The molecule has 0 unspecified atom stereocenters. The van der Waals surface area contributed by atoms with Gasteiger partial charge in [0.25, 0.3) is 5.91 Å². The van der Waals surface area contributed by atoms with Crippen LogP contribution in [0.2, 0.25) is 0 Å². The van der Waals surface area contributed by atoms with Gasteiger partial charge in [-0.25, -0.2) is 9.37 Å². The summed E-state index contributed by atoms with van der Waals surface area (Å²) in [6.07, 6.45) is 4.41. The Morgan fingerprint density at radius 1 is 1.21 bits per heavy atom. The molecule has 0 aliphatic carbocycles. The fourth-order valence-corrected chi connectivity index (χ4v) is 5.56. The predicted molar refractivity (Wildman–Crippen MR) is 139 cm³/mol. The number of amides is 1. The van der Waals surface area contributed by atoms with Crippen molar-refractivity contribution < 1.29 is 18.7 Å². The molecular formula is C28H27FN6O3. The largest absolute Gasteiger partial charge is 0.471 e. The smallest absolute Gasteiger partial charge is 0.254 e. The molecule has 10 heteroatoms. The second-order valence-corrected chi connectivity index (χ2v) is 10.2. The van der Waals surface area contributed by atoms with Crippen LogP contribution in [0.5, 0.6) is 5.88 Å². The van der Waals surface area contributed by atoms with Crippen molar-refractivity contribution in [2.24, 2.45) is 0 Å². The number of halogens is 1. The van der Waals surface area contributed by atoms with E-state index >= 15 is 0 Å². The molecule has 1 aromatic carbocycles. The minimum absolute atomic E-state index is 0.108. The topological polar surface area (TPSA) is 93.0 Å². The summed E-state index contributed by atoms with van der Waals surface area (Å²) in [6.45, 7) is 3.53. The molecule has 0 saturated carbocycles. The normalized spacial score (nSPS) is 19.4. The Labute approximate surface area is 218 Å². The zero-order chi connectivity index (χ0) is 25.8. The number of ether oxygens (including phenoxy) is 2. The average molecular weight is 515 g/mol. The Morgan fingerprint density at radius 2 is 2.11 bits per heavy atom. The summed E-state index contributed by atoms with van der Waals surface area (Å²) >= 11 is 0. The number of pyridine rings is 2. The van der Waals surface area contributed by atoms with Crippen LogP contribution in [0, 0.1) is 5.82 Å². The lowest BCUT2D eigenvalue weighted by Gasteiger charge is -2.36. The number of aromatic nitrogens is 3. The fraction of sp³-hybridized carbons (Fsp3) is 0.321. The van der Waals surface area contributed by atoms with E-state index in [4.69, 9.17) is 14.5 Å². The first-order valence-corrected chi connectivity index (χ1v) is 12.8. The minimum Gasteiger partial charge on any atom is -0.471 e. The van der Waals surface area contributed by atoms with Gasteiger partial charge in [0.15, 0.2) is 0 Å². The zero-order valence-electron chi connectivity index (χ0n) is 20.9. The SMILES string of the molecule is CN1CC(Oc2nc(Nc3ccc(-c4cnc5cc(F)ccn45)c4c3C(=O)NC4)ccc2[C@H]2CCOC2)C1. The van der Waals surface area contributed by atoms with Crippen molar-refractivity contribution in [2.45, 2.75) is 25.0 Å². The second kappa shape index (κ2) is 9.07. The number of likely N-dealkylation sites (N-methyl/N-ethyl adjacent to an activating group) is 1. The van der Waals surface area contributed by atoms with Gasteiger partial charge in [-0.2, -0.15) is 4.98 Å². The first-order chi connectivity index (χ1) is 18.5. The highest BCUT2D eigenvalue weighted by Gasteiger charge is 2.30. The van der Waals surface area contributed by atoms with Gasteiger partial charge in [-0.3, -0.25) is 14.1 Å². The Hall–Kier alpha value is -4.02. The molecule has 0 spiro atoms.